The lowest BCUT2D eigenvalue weighted by molar-refractivity contribution is -0.116. The van der Waals surface area contributed by atoms with Crippen molar-refractivity contribution >= 4 is 23.6 Å². The molecule has 0 saturated carbocycles. The first-order chi connectivity index (χ1) is 8.36. The number of carbonyl (C=O) groups excluding carboxylic acids is 1. The number of hydrogen-bond acceptors (Lipinski definition) is 5. The number of carbonyl (C=O) groups is 1. The largest absolute Gasteiger partial charge is 0.466 e. The van der Waals surface area contributed by atoms with Gasteiger partial charge in [0, 0.05) is 12.4 Å². The Morgan fingerprint density at radius 3 is 2.88 bits per heavy atom. The molecule has 0 radical (unpaired) electrons. The molecule has 86 valence electrons. The van der Waals surface area contributed by atoms with Crippen LogP contribution < -0.4 is 4.90 Å². The molecule has 3 heterocycles. The van der Waals surface area contributed by atoms with Crippen molar-refractivity contribution in [3.8, 4) is 0 Å². The van der Waals surface area contributed by atoms with E-state index in [1.54, 1.807) is 29.6 Å². The normalized spacial score (nSPS) is 19.9. The van der Waals surface area contributed by atoms with Crippen molar-refractivity contribution in [3.05, 3.63) is 42.6 Å². The molecule has 3 rings (SSSR count). The number of nitrogens with zero attached hydrogens (tertiary/aromatic N) is 3. The number of hydrogen-bond donors (Lipinski definition) is 0. The fourth-order valence-corrected chi connectivity index (χ4v) is 2.80. The Labute approximate surface area is 102 Å². The van der Waals surface area contributed by atoms with Gasteiger partial charge in [-0.15, -0.1) is 11.8 Å². The van der Waals surface area contributed by atoms with E-state index in [9.17, 15) is 4.79 Å². The van der Waals surface area contributed by atoms with Crippen LogP contribution in [-0.2, 0) is 4.79 Å². The van der Waals surface area contributed by atoms with Gasteiger partial charge >= 0.3 is 0 Å². The SMILES string of the molecule is O=C1CSC(c2ccco2)N1c1ncccn1. The highest BCUT2D eigenvalue weighted by Gasteiger charge is 2.37. The van der Waals surface area contributed by atoms with Crippen molar-refractivity contribution in [3.63, 3.8) is 0 Å². The minimum absolute atomic E-state index is 0.00241. The van der Waals surface area contributed by atoms with E-state index in [1.165, 1.54) is 11.8 Å². The van der Waals surface area contributed by atoms with Gasteiger partial charge in [0.25, 0.3) is 0 Å². The molecule has 1 saturated heterocycles. The van der Waals surface area contributed by atoms with Crippen LogP contribution in [0.1, 0.15) is 11.1 Å². The molecular weight excluding hydrogens is 238 g/mol. The van der Waals surface area contributed by atoms with Gasteiger partial charge in [-0.05, 0) is 18.2 Å². The van der Waals surface area contributed by atoms with Gasteiger partial charge in [-0.2, -0.15) is 0 Å². The van der Waals surface area contributed by atoms with Crippen molar-refractivity contribution < 1.29 is 9.21 Å². The van der Waals surface area contributed by atoms with Crippen LogP contribution in [0.2, 0.25) is 0 Å². The van der Waals surface area contributed by atoms with Gasteiger partial charge < -0.3 is 4.42 Å². The Hall–Kier alpha value is -1.82. The van der Waals surface area contributed by atoms with E-state index in [0.29, 0.717) is 11.7 Å². The maximum absolute atomic E-state index is 11.9. The lowest BCUT2D eigenvalue weighted by Gasteiger charge is -2.19. The van der Waals surface area contributed by atoms with Crippen LogP contribution in [0.5, 0.6) is 0 Å². The molecule has 0 aromatic carbocycles. The van der Waals surface area contributed by atoms with Crippen LogP contribution in [0.15, 0.2) is 41.3 Å². The third-order valence-electron chi connectivity index (χ3n) is 2.42. The van der Waals surface area contributed by atoms with Gasteiger partial charge in [-0.25, -0.2) is 9.97 Å². The van der Waals surface area contributed by atoms with Crippen LogP contribution in [0.25, 0.3) is 0 Å². The molecule has 0 bridgehead atoms. The smallest absolute Gasteiger partial charge is 0.240 e. The minimum Gasteiger partial charge on any atom is -0.466 e. The molecule has 0 aliphatic carbocycles. The summed E-state index contributed by atoms with van der Waals surface area (Å²) in [6.45, 7) is 0. The molecule has 17 heavy (non-hydrogen) atoms. The summed E-state index contributed by atoms with van der Waals surface area (Å²) < 4.78 is 5.35. The maximum atomic E-state index is 11.9. The fraction of sp³-hybridized carbons (Fsp3) is 0.182. The molecule has 1 amide bonds. The minimum atomic E-state index is -0.167. The van der Waals surface area contributed by atoms with E-state index < -0.39 is 0 Å². The second-order valence-corrected chi connectivity index (χ2v) is 4.56. The van der Waals surface area contributed by atoms with Gasteiger partial charge in [0.15, 0.2) is 0 Å². The first-order valence-corrected chi connectivity index (χ1v) is 6.15. The van der Waals surface area contributed by atoms with Crippen LogP contribution in [0, 0.1) is 0 Å². The monoisotopic (exact) mass is 247 g/mol. The van der Waals surface area contributed by atoms with E-state index in [1.807, 2.05) is 12.1 Å². The Kier molecular flexibility index (Phi) is 2.56. The molecule has 0 spiro atoms. The summed E-state index contributed by atoms with van der Waals surface area (Å²) in [5.74, 6) is 1.59. The quantitative estimate of drug-likeness (QED) is 0.810. The highest BCUT2D eigenvalue weighted by Crippen LogP contribution is 2.40. The summed E-state index contributed by atoms with van der Waals surface area (Å²) in [7, 11) is 0. The molecule has 1 unspecified atom stereocenters. The molecule has 1 fully saturated rings. The summed E-state index contributed by atoms with van der Waals surface area (Å²) in [6.07, 6.45) is 4.85. The number of amides is 1. The van der Waals surface area contributed by atoms with Gasteiger partial charge in [0.2, 0.25) is 11.9 Å². The van der Waals surface area contributed by atoms with Crippen molar-refractivity contribution in [1.82, 2.24) is 9.97 Å². The van der Waals surface area contributed by atoms with Gasteiger partial charge in [0.05, 0.1) is 12.0 Å². The third-order valence-corrected chi connectivity index (χ3v) is 3.59. The van der Waals surface area contributed by atoms with Crippen molar-refractivity contribution in [1.29, 1.82) is 0 Å². The number of furan rings is 1. The molecule has 6 heteroatoms. The van der Waals surface area contributed by atoms with Crippen molar-refractivity contribution in [2.24, 2.45) is 0 Å². The molecule has 0 N–H and O–H groups in total. The van der Waals surface area contributed by atoms with Crippen LogP contribution >= 0.6 is 11.8 Å². The molecule has 2 aromatic heterocycles. The number of thioether (sulfide) groups is 1. The average Bonchev–Trinajstić information content (AvgIpc) is 2.98. The van der Waals surface area contributed by atoms with Gasteiger partial charge in [-0.3, -0.25) is 9.69 Å². The second-order valence-electron chi connectivity index (χ2n) is 3.49. The molecule has 1 aliphatic rings. The Balaban J connectivity index is 1.98. The van der Waals surface area contributed by atoms with Crippen LogP contribution in [-0.4, -0.2) is 21.6 Å². The van der Waals surface area contributed by atoms with Crippen molar-refractivity contribution in [2.75, 3.05) is 10.7 Å². The molecule has 2 aromatic rings. The summed E-state index contributed by atoms with van der Waals surface area (Å²) >= 11 is 1.51. The van der Waals surface area contributed by atoms with Crippen LogP contribution in [0.4, 0.5) is 5.95 Å². The van der Waals surface area contributed by atoms with E-state index in [0.717, 1.165) is 5.76 Å². The zero-order valence-corrected chi connectivity index (χ0v) is 9.63. The lowest BCUT2D eigenvalue weighted by Crippen LogP contribution is -2.29. The van der Waals surface area contributed by atoms with E-state index >= 15 is 0 Å². The lowest BCUT2D eigenvalue weighted by atomic mass is 10.4. The Morgan fingerprint density at radius 2 is 2.18 bits per heavy atom. The molecule has 1 atom stereocenters. The first kappa shape index (κ1) is 10.3. The highest BCUT2D eigenvalue weighted by molar-refractivity contribution is 8.00. The Morgan fingerprint density at radius 1 is 1.35 bits per heavy atom. The standard InChI is InChI=1S/C11H9N3O2S/c15-9-7-17-10(8-3-1-6-16-8)14(9)11-12-4-2-5-13-11/h1-6,10H,7H2. The molecule has 1 aliphatic heterocycles. The summed E-state index contributed by atoms with van der Waals surface area (Å²) in [5.41, 5.74) is 0. The van der Waals surface area contributed by atoms with E-state index in [2.05, 4.69) is 9.97 Å². The third kappa shape index (κ3) is 1.80. The van der Waals surface area contributed by atoms with E-state index in [4.69, 9.17) is 4.42 Å². The van der Waals surface area contributed by atoms with Gasteiger partial charge in [0.1, 0.15) is 11.1 Å². The number of rotatable bonds is 2. The Bertz CT molecular complexity index is 515. The predicted molar refractivity (Wildman–Crippen MR) is 63.4 cm³/mol. The van der Waals surface area contributed by atoms with E-state index in [-0.39, 0.29) is 11.3 Å². The number of aromatic nitrogens is 2. The first-order valence-electron chi connectivity index (χ1n) is 5.10. The number of anilines is 1. The summed E-state index contributed by atoms with van der Waals surface area (Å²) in [6, 6.07) is 5.38. The predicted octanol–water partition coefficient (Wildman–Crippen LogP) is 1.85. The molecular formula is C11H9N3O2S. The highest BCUT2D eigenvalue weighted by atomic mass is 32.2. The average molecular weight is 247 g/mol. The topological polar surface area (TPSA) is 59.2 Å². The zero-order chi connectivity index (χ0) is 11.7. The summed E-state index contributed by atoms with van der Waals surface area (Å²) in [5, 5.41) is -0.167. The maximum Gasteiger partial charge on any atom is 0.240 e. The van der Waals surface area contributed by atoms with Crippen LogP contribution in [0.3, 0.4) is 0 Å². The fourth-order valence-electron chi connectivity index (χ4n) is 1.70. The summed E-state index contributed by atoms with van der Waals surface area (Å²) in [4.78, 5) is 21.7. The van der Waals surface area contributed by atoms with Crippen molar-refractivity contribution in [2.45, 2.75) is 5.37 Å². The second kappa shape index (κ2) is 4.21. The molecule has 5 nitrogen and oxygen atoms in total. The zero-order valence-electron chi connectivity index (χ0n) is 8.81. The van der Waals surface area contributed by atoms with Gasteiger partial charge in [-0.1, -0.05) is 0 Å².